The van der Waals surface area contributed by atoms with Gasteiger partial charge in [-0.1, -0.05) is 30.3 Å². The SMILES string of the molecule is [B]C1CC(=O)NC(=O)C1N1Cc2c(OCc3ccc(CN4CCOCC4=O)cc3)cccc2C1=O. The minimum Gasteiger partial charge on any atom is -0.489 e. The van der Waals surface area contributed by atoms with Crippen molar-refractivity contribution in [3.8, 4) is 5.75 Å². The predicted octanol–water partition coefficient (Wildman–Crippen LogP) is 0.952. The molecule has 5 rings (SSSR count). The molecule has 1 N–H and O–H groups in total. The van der Waals surface area contributed by atoms with Crippen molar-refractivity contribution in [2.75, 3.05) is 19.8 Å². The van der Waals surface area contributed by atoms with E-state index < -0.39 is 23.7 Å². The Balaban J connectivity index is 1.25. The summed E-state index contributed by atoms with van der Waals surface area (Å²) >= 11 is 0. The van der Waals surface area contributed by atoms with Crippen LogP contribution < -0.4 is 10.1 Å². The number of amides is 4. The van der Waals surface area contributed by atoms with Gasteiger partial charge in [-0.05, 0) is 29.1 Å². The van der Waals surface area contributed by atoms with Crippen molar-refractivity contribution < 1.29 is 28.7 Å². The van der Waals surface area contributed by atoms with Gasteiger partial charge < -0.3 is 19.3 Å². The van der Waals surface area contributed by atoms with Crippen molar-refractivity contribution in [1.29, 1.82) is 0 Å². The summed E-state index contributed by atoms with van der Waals surface area (Å²) in [6, 6.07) is 12.1. The van der Waals surface area contributed by atoms with Crippen LogP contribution in [0.4, 0.5) is 0 Å². The highest BCUT2D eigenvalue weighted by Crippen LogP contribution is 2.35. The lowest BCUT2D eigenvalue weighted by Gasteiger charge is -2.34. The molecule has 2 aromatic carbocycles. The van der Waals surface area contributed by atoms with Crippen molar-refractivity contribution in [1.82, 2.24) is 15.1 Å². The number of imide groups is 1. The van der Waals surface area contributed by atoms with E-state index in [2.05, 4.69) is 5.32 Å². The molecule has 2 atom stereocenters. The zero-order valence-electron chi connectivity index (χ0n) is 19.1. The number of morpholine rings is 1. The first-order chi connectivity index (χ1) is 16.9. The molecule has 35 heavy (non-hydrogen) atoms. The van der Waals surface area contributed by atoms with E-state index in [1.54, 1.807) is 23.1 Å². The summed E-state index contributed by atoms with van der Waals surface area (Å²) in [6.07, 6.45) is -0.0183. The Morgan fingerprint density at radius 3 is 2.57 bits per heavy atom. The maximum Gasteiger partial charge on any atom is 0.255 e. The fraction of sp³-hybridized carbons (Fsp3) is 0.360. The summed E-state index contributed by atoms with van der Waals surface area (Å²) in [4.78, 5) is 52.1. The van der Waals surface area contributed by atoms with Crippen molar-refractivity contribution in [3.63, 3.8) is 0 Å². The zero-order valence-corrected chi connectivity index (χ0v) is 19.1. The molecule has 3 aliphatic heterocycles. The van der Waals surface area contributed by atoms with E-state index >= 15 is 0 Å². The second-order valence-corrected chi connectivity index (χ2v) is 8.91. The fourth-order valence-electron chi connectivity index (χ4n) is 4.68. The second-order valence-electron chi connectivity index (χ2n) is 8.91. The van der Waals surface area contributed by atoms with Gasteiger partial charge in [-0.2, -0.15) is 0 Å². The van der Waals surface area contributed by atoms with Crippen molar-refractivity contribution in [3.05, 3.63) is 64.7 Å². The van der Waals surface area contributed by atoms with Crippen LogP contribution in [0.2, 0.25) is 5.82 Å². The minimum atomic E-state index is -0.911. The molecule has 4 amide bonds. The summed E-state index contributed by atoms with van der Waals surface area (Å²) in [5.41, 5.74) is 3.11. The molecule has 2 radical (unpaired) electrons. The third-order valence-corrected chi connectivity index (χ3v) is 6.52. The molecule has 3 heterocycles. The Bertz CT molecular complexity index is 1180. The summed E-state index contributed by atoms with van der Waals surface area (Å²) < 4.78 is 11.2. The van der Waals surface area contributed by atoms with E-state index in [4.69, 9.17) is 17.3 Å². The molecule has 2 unspecified atom stereocenters. The number of piperidine rings is 1. The molecule has 0 saturated carbocycles. The number of nitrogens with one attached hydrogen (secondary N) is 1. The highest BCUT2D eigenvalue weighted by atomic mass is 16.5. The highest BCUT2D eigenvalue weighted by molar-refractivity contribution is 6.20. The van der Waals surface area contributed by atoms with Crippen LogP contribution in [0, 0.1) is 0 Å². The van der Waals surface area contributed by atoms with Crippen LogP contribution in [-0.4, -0.2) is 67.1 Å². The van der Waals surface area contributed by atoms with Crippen LogP contribution in [-0.2, 0) is 38.8 Å². The van der Waals surface area contributed by atoms with Gasteiger partial charge in [0.1, 0.15) is 25.0 Å². The Hall–Kier alpha value is -3.66. The van der Waals surface area contributed by atoms with Crippen LogP contribution >= 0.6 is 0 Å². The summed E-state index contributed by atoms with van der Waals surface area (Å²) in [6.45, 7) is 2.27. The Kier molecular flexibility index (Phi) is 6.30. The lowest BCUT2D eigenvalue weighted by Crippen LogP contribution is -2.55. The van der Waals surface area contributed by atoms with Gasteiger partial charge in [-0.15, -0.1) is 0 Å². The van der Waals surface area contributed by atoms with Crippen LogP contribution in [0.3, 0.4) is 0 Å². The number of benzene rings is 2. The molecule has 2 aromatic rings. The Morgan fingerprint density at radius 1 is 1.06 bits per heavy atom. The van der Waals surface area contributed by atoms with E-state index in [0.29, 0.717) is 43.2 Å². The number of ether oxygens (including phenoxy) is 2. The maximum atomic E-state index is 13.0. The molecule has 0 aromatic heterocycles. The lowest BCUT2D eigenvalue weighted by atomic mass is 9.75. The second kappa shape index (κ2) is 9.54. The van der Waals surface area contributed by atoms with E-state index in [0.717, 1.165) is 11.1 Å². The summed E-state index contributed by atoms with van der Waals surface area (Å²) in [5.74, 6) is -1.51. The van der Waals surface area contributed by atoms with Crippen LogP contribution in [0.5, 0.6) is 5.75 Å². The van der Waals surface area contributed by atoms with Gasteiger partial charge in [-0.3, -0.25) is 24.5 Å². The van der Waals surface area contributed by atoms with Gasteiger partial charge in [0.05, 0.1) is 21.0 Å². The molecular formula is C25H24BN3O6. The quantitative estimate of drug-likeness (QED) is 0.495. The number of carbonyl (C=O) groups excluding carboxylic acids is 4. The molecule has 2 fully saturated rings. The molecule has 0 spiro atoms. The number of fused-ring (bicyclic) bond motifs is 1. The standard InChI is InChI=1S/C25H24BN3O6/c26-19-10-21(30)27-24(32)23(19)29-12-18-17(25(29)33)2-1-3-20(18)35-13-16-6-4-15(5-7-16)11-28-8-9-34-14-22(28)31/h1-7,19,23H,8-14H2,(H,27,30,32). The molecule has 9 nitrogen and oxygen atoms in total. The van der Waals surface area contributed by atoms with Gasteiger partial charge in [0.2, 0.25) is 17.7 Å². The average molecular weight is 473 g/mol. The monoisotopic (exact) mass is 473 g/mol. The maximum absolute atomic E-state index is 13.0. The molecule has 0 aliphatic carbocycles. The van der Waals surface area contributed by atoms with Gasteiger partial charge in [0.25, 0.3) is 5.91 Å². The third kappa shape index (κ3) is 4.66. The fourth-order valence-corrected chi connectivity index (χ4v) is 4.68. The van der Waals surface area contributed by atoms with Crippen molar-refractivity contribution in [2.24, 2.45) is 0 Å². The zero-order chi connectivity index (χ0) is 24.5. The van der Waals surface area contributed by atoms with E-state index in [1.165, 1.54) is 4.90 Å². The first-order valence-electron chi connectivity index (χ1n) is 11.5. The molecule has 3 aliphatic rings. The van der Waals surface area contributed by atoms with Gasteiger partial charge in [-0.25, -0.2) is 0 Å². The van der Waals surface area contributed by atoms with Crippen molar-refractivity contribution in [2.45, 2.75) is 38.0 Å². The van der Waals surface area contributed by atoms with Crippen LogP contribution in [0.25, 0.3) is 0 Å². The minimum absolute atomic E-state index is 0.0107. The normalized spacial score (nSPS) is 22.3. The molecule has 2 saturated heterocycles. The first kappa shape index (κ1) is 23.1. The van der Waals surface area contributed by atoms with Crippen molar-refractivity contribution >= 4 is 31.5 Å². The van der Waals surface area contributed by atoms with Crippen LogP contribution in [0.15, 0.2) is 42.5 Å². The summed E-state index contributed by atoms with van der Waals surface area (Å²) in [7, 11) is 6.05. The first-order valence-corrected chi connectivity index (χ1v) is 11.5. The smallest absolute Gasteiger partial charge is 0.255 e. The Labute approximate surface area is 203 Å². The number of rotatable bonds is 6. The van der Waals surface area contributed by atoms with Gasteiger partial charge >= 0.3 is 0 Å². The van der Waals surface area contributed by atoms with Crippen LogP contribution in [0.1, 0.15) is 33.5 Å². The number of hydrogen-bond acceptors (Lipinski definition) is 6. The van der Waals surface area contributed by atoms with E-state index in [1.807, 2.05) is 24.3 Å². The summed E-state index contributed by atoms with van der Waals surface area (Å²) in [5, 5.41) is 2.27. The number of hydrogen-bond donors (Lipinski definition) is 1. The Morgan fingerprint density at radius 2 is 1.83 bits per heavy atom. The molecule has 178 valence electrons. The highest BCUT2D eigenvalue weighted by Gasteiger charge is 2.43. The molecule has 10 heteroatoms. The number of nitrogens with zero attached hydrogens (tertiary/aromatic N) is 2. The average Bonchev–Trinajstić information content (AvgIpc) is 3.16. The van der Waals surface area contributed by atoms with E-state index in [9.17, 15) is 19.2 Å². The van der Waals surface area contributed by atoms with E-state index in [-0.39, 0.29) is 31.4 Å². The number of carbonyl (C=O) groups is 4. The van der Waals surface area contributed by atoms with Gasteiger partial charge in [0, 0.05) is 30.6 Å². The lowest BCUT2D eigenvalue weighted by molar-refractivity contribution is -0.143. The topological polar surface area (TPSA) is 105 Å². The molecular weight excluding hydrogens is 449 g/mol. The van der Waals surface area contributed by atoms with Gasteiger partial charge in [0.15, 0.2) is 0 Å². The third-order valence-electron chi connectivity index (χ3n) is 6.52. The molecule has 0 bridgehead atoms. The predicted molar refractivity (Wildman–Crippen MR) is 124 cm³/mol. The largest absolute Gasteiger partial charge is 0.489 e.